The third kappa shape index (κ3) is 3.81. The predicted molar refractivity (Wildman–Crippen MR) is 96.5 cm³/mol. The first-order valence-electron chi connectivity index (χ1n) is 8.65. The van der Waals surface area contributed by atoms with Gasteiger partial charge < -0.3 is 9.64 Å². The van der Waals surface area contributed by atoms with Crippen molar-refractivity contribution in [2.24, 2.45) is 0 Å². The third-order valence-electron chi connectivity index (χ3n) is 4.07. The zero-order valence-corrected chi connectivity index (χ0v) is 15.5. The summed E-state index contributed by atoms with van der Waals surface area (Å²) in [5, 5.41) is 0. The van der Waals surface area contributed by atoms with Gasteiger partial charge in [-0.05, 0) is 32.0 Å². The van der Waals surface area contributed by atoms with Gasteiger partial charge in [0.25, 0.3) is 5.91 Å². The maximum absolute atomic E-state index is 12.9. The van der Waals surface area contributed by atoms with E-state index < -0.39 is 0 Å². The fourth-order valence-corrected chi connectivity index (χ4v) is 2.82. The summed E-state index contributed by atoms with van der Waals surface area (Å²) >= 11 is 0. The number of carbonyl (C=O) groups excluding carboxylic acids is 1. The molecule has 0 saturated carbocycles. The molecule has 0 fully saturated rings. The molecule has 1 aliphatic heterocycles. The average molecular weight is 339 g/mol. The van der Waals surface area contributed by atoms with Crippen LogP contribution in [0.5, 0.6) is 5.75 Å². The minimum atomic E-state index is -0.102. The molecule has 0 saturated heterocycles. The van der Waals surface area contributed by atoms with Crippen molar-refractivity contribution in [3.05, 3.63) is 53.1 Å². The van der Waals surface area contributed by atoms with Crippen LogP contribution in [0, 0.1) is 0 Å². The van der Waals surface area contributed by atoms with Gasteiger partial charge in [0.2, 0.25) is 0 Å². The molecular weight excluding hydrogens is 314 g/mol. The quantitative estimate of drug-likeness (QED) is 0.855. The van der Waals surface area contributed by atoms with Crippen LogP contribution in [-0.2, 0) is 18.5 Å². The fourth-order valence-electron chi connectivity index (χ4n) is 2.82. The third-order valence-corrected chi connectivity index (χ3v) is 4.07. The van der Waals surface area contributed by atoms with Gasteiger partial charge in [-0.1, -0.05) is 26.8 Å². The molecule has 0 aliphatic carbocycles. The van der Waals surface area contributed by atoms with Crippen LogP contribution >= 0.6 is 0 Å². The van der Waals surface area contributed by atoms with E-state index in [4.69, 9.17) is 4.74 Å². The van der Waals surface area contributed by atoms with E-state index in [2.05, 4.69) is 30.7 Å². The van der Waals surface area contributed by atoms with Crippen LogP contribution < -0.4 is 4.74 Å². The molecule has 1 aliphatic rings. The van der Waals surface area contributed by atoms with Crippen molar-refractivity contribution in [3.8, 4) is 5.75 Å². The van der Waals surface area contributed by atoms with Crippen LogP contribution in [0.4, 0.5) is 0 Å². The summed E-state index contributed by atoms with van der Waals surface area (Å²) in [4.78, 5) is 23.8. The molecular formula is C20H25N3O2. The van der Waals surface area contributed by atoms with E-state index in [1.165, 1.54) is 0 Å². The Hall–Kier alpha value is -2.43. The summed E-state index contributed by atoms with van der Waals surface area (Å²) in [7, 11) is 0. The number of hydrogen-bond donors (Lipinski definition) is 0. The van der Waals surface area contributed by atoms with E-state index >= 15 is 0 Å². The number of ether oxygens (including phenoxy) is 1. The van der Waals surface area contributed by atoms with Crippen molar-refractivity contribution in [1.82, 2.24) is 14.9 Å². The van der Waals surface area contributed by atoms with Gasteiger partial charge in [0.05, 0.1) is 18.3 Å². The molecule has 0 spiro atoms. The smallest absolute Gasteiger partial charge is 0.254 e. The molecule has 2 aromatic rings. The number of hydrogen-bond acceptors (Lipinski definition) is 4. The second-order valence-electron chi connectivity index (χ2n) is 7.77. The molecule has 5 heteroatoms. The van der Waals surface area contributed by atoms with Crippen molar-refractivity contribution in [2.45, 2.75) is 59.2 Å². The lowest BCUT2D eigenvalue weighted by Gasteiger charge is -2.17. The highest BCUT2D eigenvalue weighted by Gasteiger charge is 2.28. The standard InChI is InChI=1S/C20H25N3O2/c1-13(2)25-16-8-6-7-14(9-16)18(24)23-11-15-10-21-19(20(3,4)5)22-17(15)12-23/h6-10,13H,11-12H2,1-5H3. The van der Waals surface area contributed by atoms with E-state index in [0.29, 0.717) is 24.4 Å². The summed E-state index contributed by atoms with van der Waals surface area (Å²) < 4.78 is 5.69. The maximum atomic E-state index is 12.9. The molecule has 0 bridgehead atoms. The molecule has 2 heterocycles. The minimum Gasteiger partial charge on any atom is -0.491 e. The zero-order valence-electron chi connectivity index (χ0n) is 15.5. The van der Waals surface area contributed by atoms with Gasteiger partial charge in [-0.15, -0.1) is 0 Å². The van der Waals surface area contributed by atoms with Gasteiger partial charge in [0.1, 0.15) is 11.6 Å². The number of nitrogens with zero attached hydrogens (tertiary/aromatic N) is 3. The lowest BCUT2D eigenvalue weighted by molar-refractivity contribution is 0.0749. The number of aromatic nitrogens is 2. The Kier molecular flexibility index (Phi) is 4.50. The first-order valence-corrected chi connectivity index (χ1v) is 8.65. The summed E-state index contributed by atoms with van der Waals surface area (Å²) in [6.07, 6.45) is 1.93. The molecule has 1 aromatic heterocycles. The summed E-state index contributed by atoms with van der Waals surface area (Å²) in [6, 6.07) is 7.35. The molecule has 0 N–H and O–H groups in total. The van der Waals surface area contributed by atoms with Gasteiger partial charge in [-0.3, -0.25) is 4.79 Å². The highest BCUT2D eigenvalue weighted by atomic mass is 16.5. The fraction of sp³-hybridized carbons (Fsp3) is 0.450. The summed E-state index contributed by atoms with van der Waals surface area (Å²) in [5.74, 6) is 1.52. The Labute approximate surface area is 149 Å². The predicted octanol–water partition coefficient (Wildman–Crippen LogP) is 3.72. The normalized spacial score (nSPS) is 13.9. The number of rotatable bonds is 3. The Morgan fingerprint density at radius 3 is 2.68 bits per heavy atom. The molecule has 0 radical (unpaired) electrons. The maximum Gasteiger partial charge on any atom is 0.254 e. The van der Waals surface area contributed by atoms with E-state index in [1.807, 2.05) is 38.2 Å². The Balaban J connectivity index is 1.79. The SMILES string of the molecule is CC(C)Oc1cccc(C(=O)N2Cc3cnc(C(C)(C)C)nc3C2)c1. The first kappa shape index (κ1) is 17.4. The molecule has 132 valence electrons. The van der Waals surface area contributed by atoms with Crippen LogP contribution in [0.1, 0.15) is 62.1 Å². The van der Waals surface area contributed by atoms with Crippen molar-refractivity contribution in [2.75, 3.05) is 0 Å². The van der Waals surface area contributed by atoms with Gasteiger partial charge in [-0.25, -0.2) is 9.97 Å². The van der Waals surface area contributed by atoms with Gasteiger partial charge in [0, 0.05) is 29.3 Å². The lowest BCUT2D eigenvalue weighted by Crippen LogP contribution is -2.25. The molecule has 25 heavy (non-hydrogen) atoms. The monoisotopic (exact) mass is 339 g/mol. The second kappa shape index (κ2) is 6.47. The average Bonchev–Trinajstić information content (AvgIpc) is 2.96. The van der Waals surface area contributed by atoms with E-state index in [1.54, 1.807) is 11.0 Å². The zero-order chi connectivity index (χ0) is 18.2. The Morgan fingerprint density at radius 1 is 1.24 bits per heavy atom. The first-order chi connectivity index (χ1) is 11.7. The summed E-state index contributed by atoms with van der Waals surface area (Å²) in [6.45, 7) is 11.3. The van der Waals surface area contributed by atoms with Crippen molar-refractivity contribution in [1.29, 1.82) is 0 Å². The summed E-state index contributed by atoms with van der Waals surface area (Å²) in [5.41, 5.74) is 2.50. The van der Waals surface area contributed by atoms with Crippen molar-refractivity contribution in [3.63, 3.8) is 0 Å². The number of amides is 1. The van der Waals surface area contributed by atoms with Crippen molar-refractivity contribution >= 4 is 5.91 Å². The number of benzene rings is 1. The molecule has 3 rings (SSSR count). The molecule has 1 aromatic carbocycles. The van der Waals surface area contributed by atoms with Gasteiger partial charge >= 0.3 is 0 Å². The Morgan fingerprint density at radius 2 is 2.00 bits per heavy atom. The second-order valence-corrected chi connectivity index (χ2v) is 7.77. The van der Waals surface area contributed by atoms with Crippen LogP contribution in [0.15, 0.2) is 30.5 Å². The van der Waals surface area contributed by atoms with Crippen LogP contribution in [0.25, 0.3) is 0 Å². The van der Waals surface area contributed by atoms with E-state index in [0.717, 1.165) is 17.1 Å². The van der Waals surface area contributed by atoms with E-state index in [-0.39, 0.29) is 17.4 Å². The Bertz CT molecular complexity index is 794. The van der Waals surface area contributed by atoms with Crippen LogP contribution in [-0.4, -0.2) is 26.9 Å². The number of fused-ring (bicyclic) bond motifs is 1. The van der Waals surface area contributed by atoms with Crippen molar-refractivity contribution < 1.29 is 9.53 Å². The van der Waals surface area contributed by atoms with Crippen LogP contribution in [0.3, 0.4) is 0 Å². The molecule has 0 atom stereocenters. The minimum absolute atomic E-state index is 0.00971. The highest BCUT2D eigenvalue weighted by molar-refractivity contribution is 5.94. The topological polar surface area (TPSA) is 55.3 Å². The largest absolute Gasteiger partial charge is 0.491 e. The molecule has 1 amide bonds. The van der Waals surface area contributed by atoms with E-state index in [9.17, 15) is 4.79 Å². The van der Waals surface area contributed by atoms with Crippen LogP contribution in [0.2, 0.25) is 0 Å². The lowest BCUT2D eigenvalue weighted by atomic mass is 9.95. The van der Waals surface area contributed by atoms with Gasteiger partial charge in [0.15, 0.2) is 0 Å². The number of carbonyl (C=O) groups is 1. The van der Waals surface area contributed by atoms with Gasteiger partial charge in [-0.2, -0.15) is 0 Å². The molecule has 5 nitrogen and oxygen atoms in total. The highest BCUT2D eigenvalue weighted by Crippen LogP contribution is 2.26. The molecule has 0 unspecified atom stereocenters.